The van der Waals surface area contributed by atoms with Crippen LogP contribution in [-0.2, 0) is 19.4 Å². The van der Waals surface area contributed by atoms with E-state index in [0.29, 0.717) is 11.1 Å². The lowest BCUT2D eigenvalue weighted by Gasteiger charge is -2.07. The number of amides is 1. The number of carbonyl (C=O) groups excluding carboxylic acids is 2. The molecule has 2 aromatic carbocycles. The Morgan fingerprint density at radius 2 is 1.57 bits per heavy atom. The molecule has 0 aliphatic rings. The van der Waals surface area contributed by atoms with Crippen LogP contribution in [0, 0.1) is 6.92 Å². The molecule has 160 valence electrons. The van der Waals surface area contributed by atoms with Crippen molar-refractivity contribution in [2.45, 2.75) is 18.2 Å². The number of ketones is 1. The van der Waals surface area contributed by atoms with E-state index in [1.54, 1.807) is 12.1 Å². The predicted octanol–water partition coefficient (Wildman–Crippen LogP) is 1.87. The lowest BCUT2D eigenvalue weighted by molar-refractivity contribution is -0.142. The highest BCUT2D eigenvalue weighted by atomic mass is 32.2. The second-order valence-corrected chi connectivity index (χ2v) is 8.69. The predicted molar refractivity (Wildman–Crippen MR) is 109 cm³/mol. The fourth-order valence-corrected chi connectivity index (χ4v) is 3.78. The van der Waals surface area contributed by atoms with Crippen LogP contribution in [0.5, 0.6) is 0 Å². The zero-order valence-electron chi connectivity index (χ0n) is 16.5. The number of carboxylic acids is 1. The molecule has 8 nitrogen and oxygen atoms in total. The van der Waals surface area contributed by atoms with Crippen LogP contribution in [0.4, 0.5) is 0 Å². The minimum atomic E-state index is -3.56. The highest BCUT2D eigenvalue weighted by molar-refractivity contribution is 7.91. The van der Waals surface area contributed by atoms with Gasteiger partial charge >= 0.3 is 5.97 Å². The zero-order chi connectivity index (χ0) is 22.1. The van der Waals surface area contributed by atoms with Crippen LogP contribution in [0.1, 0.15) is 32.7 Å². The first-order valence-electron chi connectivity index (χ1n) is 9.19. The number of hydrogen-bond acceptors (Lipinski definition) is 6. The molecule has 0 aliphatic heterocycles. The molecule has 0 saturated heterocycles. The molecular formula is C21H23NO7S. The summed E-state index contributed by atoms with van der Waals surface area (Å²) in [6, 6.07) is 12.3. The Labute approximate surface area is 174 Å². The monoisotopic (exact) mass is 433 g/mol. The quantitative estimate of drug-likeness (QED) is 0.409. The van der Waals surface area contributed by atoms with Gasteiger partial charge in [0, 0.05) is 24.1 Å². The van der Waals surface area contributed by atoms with E-state index < -0.39 is 28.3 Å². The van der Waals surface area contributed by atoms with Crippen molar-refractivity contribution in [3.8, 4) is 0 Å². The Bertz CT molecular complexity index is 997. The third kappa shape index (κ3) is 7.09. The van der Waals surface area contributed by atoms with E-state index in [-0.39, 0.29) is 36.0 Å². The molecule has 2 rings (SSSR count). The third-order valence-corrected chi connectivity index (χ3v) is 5.94. The molecule has 0 bridgehead atoms. The minimum absolute atomic E-state index is 0.0596. The fraction of sp³-hybridized carbons (Fsp3) is 0.286. The van der Waals surface area contributed by atoms with Crippen molar-refractivity contribution in [1.82, 2.24) is 5.32 Å². The van der Waals surface area contributed by atoms with Gasteiger partial charge in [-0.1, -0.05) is 29.8 Å². The Kier molecular flexibility index (Phi) is 8.25. The summed E-state index contributed by atoms with van der Waals surface area (Å²) in [6.45, 7) is 1.62. The maximum absolute atomic E-state index is 12.4. The molecule has 2 aromatic rings. The van der Waals surface area contributed by atoms with Crippen LogP contribution >= 0.6 is 0 Å². The maximum atomic E-state index is 12.4. The van der Waals surface area contributed by atoms with Crippen molar-refractivity contribution >= 4 is 27.5 Å². The summed E-state index contributed by atoms with van der Waals surface area (Å²) in [5, 5.41) is 11.0. The van der Waals surface area contributed by atoms with Crippen molar-refractivity contribution in [3.63, 3.8) is 0 Å². The van der Waals surface area contributed by atoms with E-state index in [1.807, 2.05) is 6.92 Å². The second kappa shape index (κ2) is 10.7. The van der Waals surface area contributed by atoms with Crippen LogP contribution in [0.15, 0.2) is 53.4 Å². The van der Waals surface area contributed by atoms with Crippen molar-refractivity contribution in [2.24, 2.45) is 0 Å². The first-order valence-corrected chi connectivity index (χ1v) is 10.8. The lowest BCUT2D eigenvalue weighted by Crippen LogP contribution is -2.27. The van der Waals surface area contributed by atoms with Gasteiger partial charge in [-0.05, 0) is 31.2 Å². The summed E-state index contributed by atoms with van der Waals surface area (Å²) < 4.78 is 29.5. The molecule has 0 heterocycles. The van der Waals surface area contributed by atoms with Gasteiger partial charge in [0.25, 0.3) is 5.91 Å². The van der Waals surface area contributed by atoms with Gasteiger partial charge in [0.15, 0.2) is 15.6 Å². The summed E-state index contributed by atoms with van der Waals surface area (Å²) in [4.78, 5) is 34.8. The molecule has 0 spiro atoms. The number of nitrogens with one attached hydrogen (secondary N) is 1. The topological polar surface area (TPSA) is 127 Å². The largest absolute Gasteiger partial charge is 0.480 e. The second-order valence-electron chi connectivity index (χ2n) is 6.58. The molecule has 30 heavy (non-hydrogen) atoms. The number of carbonyl (C=O) groups is 3. The number of aliphatic carboxylic acids is 1. The molecule has 0 aliphatic carbocycles. The molecule has 0 saturated carbocycles. The van der Waals surface area contributed by atoms with Gasteiger partial charge in [0.05, 0.1) is 17.3 Å². The highest BCUT2D eigenvalue weighted by Crippen LogP contribution is 2.15. The zero-order valence-corrected chi connectivity index (χ0v) is 17.3. The smallest absolute Gasteiger partial charge is 0.329 e. The summed E-state index contributed by atoms with van der Waals surface area (Å²) >= 11 is 0. The van der Waals surface area contributed by atoms with Gasteiger partial charge in [0.2, 0.25) is 0 Å². The number of benzene rings is 2. The van der Waals surface area contributed by atoms with Crippen molar-refractivity contribution < 1.29 is 32.6 Å². The fourth-order valence-electron chi connectivity index (χ4n) is 2.54. The van der Waals surface area contributed by atoms with Crippen LogP contribution in [-0.4, -0.2) is 56.7 Å². The Morgan fingerprint density at radius 1 is 0.967 bits per heavy atom. The number of ether oxygens (including phenoxy) is 1. The number of sulfone groups is 1. The molecule has 0 fully saturated rings. The SMILES string of the molecule is Cc1ccc(S(=O)(=O)CCC(=O)c2ccc(C(=O)NCCOCC(=O)O)cc2)cc1. The number of hydrogen-bond donors (Lipinski definition) is 2. The number of carboxylic acid groups (broad SMARTS) is 1. The Hall–Kier alpha value is -3.04. The summed E-state index contributed by atoms with van der Waals surface area (Å²) in [5.41, 5.74) is 1.58. The van der Waals surface area contributed by atoms with E-state index in [4.69, 9.17) is 9.84 Å². The van der Waals surface area contributed by atoms with Crippen molar-refractivity contribution in [2.75, 3.05) is 25.5 Å². The molecule has 9 heteroatoms. The van der Waals surface area contributed by atoms with Crippen LogP contribution in [0.3, 0.4) is 0 Å². The minimum Gasteiger partial charge on any atom is -0.480 e. The normalized spacial score (nSPS) is 11.1. The lowest BCUT2D eigenvalue weighted by atomic mass is 10.1. The van der Waals surface area contributed by atoms with Crippen LogP contribution in [0.2, 0.25) is 0 Å². The molecule has 2 N–H and O–H groups in total. The summed E-state index contributed by atoms with van der Waals surface area (Å²) in [5.74, 6) is -2.11. The molecule has 1 amide bonds. The van der Waals surface area contributed by atoms with E-state index in [1.165, 1.54) is 36.4 Å². The van der Waals surface area contributed by atoms with Gasteiger partial charge in [-0.25, -0.2) is 13.2 Å². The molecule has 0 radical (unpaired) electrons. The first kappa shape index (κ1) is 23.2. The summed E-state index contributed by atoms with van der Waals surface area (Å²) in [7, 11) is -3.56. The standard InChI is InChI=1S/C21H23NO7S/c1-15-2-8-18(9-3-15)30(27,28)13-10-19(23)16-4-6-17(7-5-16)21(26)22-11-12-29-14-20(24)25/h2-9H,10-14H2,1H3,(H,22,26)(H,24,25). The van der Waals surface area contributed by atoms with Gasteiger partial charge in [-0.2, -0.15) is 0 Å². The van der Waals surface area contributed by atoms with Gasteiger partial charge < -0.3 is 15.2 Å². The molecular weight excluding hydrogens is 410 g/mol. The Balaban J connectivity index is 1.86. The first-order chi connectivity index (χ1) is 14.2. The van der Waals surface area contributed by atoms with E-state index >= 15 is 0 Å². The van der Waals surface area contributed by atoms with Crippen molar-refractivity contribution in [3.05, 3.63) is 65.2 Å². The van der Waals surface area contributed by atoms with Gasteiger partial charge in [-0.3, -0.25) is 9.59 Å². The van der Waals surface area contributed by atoms with E-state index in [0.717, 1.165) is 5.56 Å². The van der Waals surface area contributed by atoms with E-state index in [2.05, 4.69) is 5.32 Å². The number of aryl methyl sites for hydroxylation is 1. The van der Waals surface area contributed by atoms with Crippen molar-refractivity contribution in [1.29, 1.82) is 0 Å². The van der Waals surface area contributed by atoms with Crippen LogP contribution < -0.4 is 5.32 Å². The number of Topliss-reactive ketones (excluding diaryl/α,β-unsaturated/α-hetero) is 1. The highest BCUT2D eigenvalue weighted by Gasteiger charge is 2.17. The van der Waals surface area contributed by atoms with E-state index in [9.17, 15) is 22.8 Å². The molecule has 0 unspecified atom stereocenters. The Morgan fingerprint density at radius 3 is 2.17 bits per heavy atom. The summed E-state index contributed by atoms with van der Waals surface area (Å²) in [6.07, 6.45) is -0.164. The maximum Gasteiger partial charge on any atom is 0.329 e. The van der Waals surface area contributed by atoms with Gasteiger partial charge in [0.1, 0.15) is 6.61 Å². The van der Waals surface area contributed by atoms with Crippen LogP contribution in [0.25, 0.3) is 0 Å². The molecule has 0 atom stereocenters. The average molecular weight is 433 g/mol. The number of rotatable bonds is 11. The average Bonchev–Trinajstić information content (AvgIpc) is 2.72. The van der Waals surface area contributed by atoms with Gasteiger partial charge in [-0.15, -0.1) is 0 Å². The molecule has 0 aromatic heterocycles. The third-order valence-electron chi connectivity index (χ3n) is 4.20.